The first-order chi connectivity index (χ1) is 8.82. The molecule has 0 fully saturated rings. The van der Waals surface area contributed by atoms with Gasteiger partial charge < -0.3 is 5.11 Å². The summed E-state index contributed by atoms with van der Waals surface area (Å²) in [6.07, 6.45) is 0. The highest BCUT2D eigenvalue weighted by Gasteiger charge is 2.21. The summed E-state index contributed by atoms with van der Waals surface area (Å²) in [5.41, 5.74) is 3.56. The lowest BCUT2D eigenvalue weighted by Crippen LogP contribution is -2.07. The van der Waals surface area contributed by atoms with Gasteiger partial charge in [0.2, 0.25) is 5.88 Å². The first kappa shape index (κ1) is 13.8. The maximum atomic E-state index is 10.5. The molecule has 0 spiro atoms. The normalized spacial score (nSPS) is 12.3. The van der Waals surface area contributed by atoms with E-state index >= 15 is 0 Å². The third kappa shape index (κ3) is 2.31. The predicted molar refractivity (Wildman–Crippen MR) is 76.9 cm³/mol. The Kier molecular flexibility index (Phi) is 3.52. The van der Waals surface area contributed by atoms with Gasteiger partial charge in [0, 0.05) is 11.6 Å². The van der Waals surface area contributed by atoms with Gasteiger partial charge in [-0.2, -0.15) is 9.61 Å². The zero-order valence-corrected chi connectivity index (χ0v) is 12.6. The number of hydrogen-bond acceptors (Lipinski definition) is 3. The van der Waals surface area contributed by atoms with E-state index < -0.39 is 0 Å². The Balaban J connectivity index is 2.77. The molecule has 19 heavy (non-hydrogen) atoms. The number of hydrogen-bond donors (Lipinski definition) is 1. The molecule has 0 radical (unpaired) electrons. The van der Waals surface area contributed by atoms with Gasteiger partial charge in [0.15, 0.2) is 5.65 Å². The van der Waals surface area contributed by atoms with Crippen LogP contribution in [-0.4, -0.2) is 19.7 Å². The summed E-state index contributed by atoms with van der Waals surface area (Å²) in [7, 11) is 0. The minimum Gasteiger partial charge on any atom is -0.493 e. The lowest BCUT2D eigenvalue weighted by Gasteiger charge is -2.16. The fourth-order valence-corrected chi connectivity index (χ4v) is 2.31. The predicted octanol–water partition coefficient (Wildman–Crippen LogP) is 3.81. The van der Waals surface area contributed by atoms with E-state index in [0.717, 1.165) is 22.6 Å². The molecular formula is C15H23N3O. The first-order valence-corrected chi connectivity index (χ1v) is 6.95. The number of nitrogens with zero attached hydrogens (tertiary/aromatic N) is 3. The zero-order valence-electron chi connectivity index (χ0n) is 12.6. The molecule has 0 aliphatic heterocycles. The van der Waals surface area contributed by atoms with Crippen molar-refractivity contribution in [3.63, 3.8) is 0 Å². The quantitative estimate of drug-likeness (QED) is 0.914. The van der Waals surface area contributed by atoms with Crippen LogP contribution in [0.15, 0.2) is 6.07 Å². The van der Waals surface area contributed by atoms with Crippen LogP contribution >= 0.6 is 0 Å². The second-order valence-corrected chi connectivity index (χ2v) is 6.04. The number of aromatic hydroxyl groups is 1. The molecule has 2 aromatic heterocycles. The molecule has 0 aliphatic carbocycles. The largest absolute Gasteiger partial charge is 0.493 e. The molecular weight excluding hydrogens is 238 g/mol. The van der Waals surface area contributed by atoms with Gasteiger partial charge in [0.25, 0.3) is 0 Å². The van der Waals surface area contributed by atoms with E-state index in [1.54, 1.807) is 4.52 Å². The minimum absolute atomic E-state index is 0.223. The third-order valence-electron chi connectivity index (χ3n) is 3.38. The van der Waals surface area contributed by atoms with E-state index in [1.165, 1.54) is 0 Å². The molecule has 4 nitrogen and oxygen atoms in total. The monoisotopic (exact) mass is 261 g/mol. The van der Waals surface area contributed by atoms with Crippen LogP contribution in [-0.2, 0) is 0 Å². The Labute approximate surface area is 114 Å². The minimum atomic E-state index is 0.223. The molecule has 0 saturated heterocycles. The van der Waals surface area contributed by atoms with Crippen molar-refractivity contribution < 1.29 is 5.11 Å². The first-order valence-electron chi connectivity index (χ1n) is 6.95. The average Bonchev–Trinajstić information content (AvgIpc) is 2.72. The molecule has 0 atom stereocenters. The van der Waals surface area contributed by atoms with Crippen LogP contribution in [0.25, 0.3) is 5.65 Å². The van der Waals surface area contributed by atoms with Crippen molar-refractivity contribution in [2.45, 2.75) is 59.3 Å². The molecule has 2 aromatic rings. The molecule has 0 aliphatic rings. The Morgan fingerprint density at radius 1 is 1.00 bits per heavy atom. The zero-order chi connectivity index (χ0) is 14.3. The van der Waals surface area contributed by atoms with Gasteiger partial charge in [-0.15, -0.1) is 0 Å². The van der Waals surface area contributed by atoms with Crippen LogP contribution in [0.2, 0.25) is 0 Å². The van der Waals surface area contributed by atoms with Crippen LogP contribution in [0, 0.1) is 0 Å². The van der Waals surface area contributed by atoms with E-state index in [1.807, 2.05) is 6.07 Å². The van der Waals surface area contributed by atoms with Crippen LogP contribution < -0.4 is 0 Å². The number of rotatable bonds is 3. The average molecular weight is 261 g/mol. The smallest absolute Gasteiger partial charge is 0.219 e. The van der Waals surface area contributed by atoms with E-state index in [2.05, 4.69) is 46.6 Å². The molecule has 4 heteroatoms. The Bertz CT molecular complexity index is 597. The van der Waals surface area contributed by atoms with E-state index in [9.17, 15) is 5.11 Å². The molecule has 1 N–H and O–H groups in total. The maximum Gasteiger partial charge on any atom is 0.219 e. The van der Waals surface area contributed by atoms with Gasteiger partial charge in [-0.3, -0.25) is 0 Å². The van der Waals surface area contributed by atoms with E-state index in [0.29, 0.717) is 5.92 Å². The fourth-order valence-electron chi connectivity index (χ4n) is 2.31. The van der Waals surface area contributed by atoms with Crippen molar-refractivity contribution in [1.29, 1.82) is 0 Å². The van der Waals surface area contributed by atoms with Crippen molar-refractivity contribution >= 4 is 5.65 Å². The summed E-state index contributed by atoms with van der Waals surface area (Å²) in [6, 6.07) is 1.96. The fraction of sp³-hybridized carbons (Fsp3) is 0.600. The van der Waals surface area contributed by atoms with Crippen molar-refractivity contribution in [1.82, 2.24) is 14.6 Å². The Morgan fingerprint density at radius 3 is 2.11 bits per heavy atom. The molecule has 0 unspecified atom stereocenters. The van der Waals surface area contributed by atoms with E-state index in [-0.39, 0.29) is 17.7 Å². The standard InChI is InChI=1S/C15H23N3O/c1-8(2)11-7-12-16-14(10(5)6)13(9(3)4)15(19)18(12)17-11/h7-10,19H,1-6H3. The molecule has 0 bridgehead atoms. The molecule has 0 aromatic carbocycles. The van der Waals surface area contributed by atoms with Gasteiger partial charge in [0.1, 0.15) is 0 Å². The highest BCUT2D eigenvalue weighted by molar-refractivity contribution is 5.49. The third-order valence-corrected chi connectivity index (χ3v) is 3.38. The highest BCUT2D eigenvalue weighted by Crippen LogP contribution is 2.33. The lowest BCUT2D eigenvalue weighted by molar-refractivity contribution is 0.420. The molecule has 2 heterocycles. The van der Waals surface area contributed by atoms with Crippen molar-refractivity contribution in [2.24, 2.45) is 0 Å². The van der Waals surface area contributed by atoms with Crippen molar-refractivity contribution in [3.05, 3.63) is 23.0 Å². The van der Waals surface area contributed by atoms with Crippen molar-refractivity contribution in [3.8, 4) is 5.88 Å². The second-order valence-electron chi connectivity index (χ2n) is 6.04. The molecule has 2 rings (SSSR count). The number of fused-ring (bicyclic) bond motifs is 1. The molecule has 0 saturated carbocycles. The van der Waals surface area contributed by atoms with Gasteiger partial charge >= 0.3 is 0 Å². The summed E-state index contributed by atoms with van der Waals surface area (Å²) in [6.45, 7) is 12.5. The molecule has 0 amide bonds. The summed E-state index contributed by atoms with van der Waals surface area (Å²) in [5.74, 6) is 1.06. The summed E-state index contributed by atoms with van der Waals surface area (Å²) in [4.78, 5) is 4.70. The van der Waals surface area contributed by atoms with Crippen LogP contribution in [0.5, 0.6) is 5.88 Å². The summed E-state index contributed by atoms with van der Waals surface area (Å²) in [5, 5.41) is 15.0. The maximum absolute atomic E-state index is 10.5. The lowest BCUT2D eigenvalue weighted by atomic mass is 9.96. The summed E-state index contributed by atoms with van der Waals surface area (Å²) >= 11 is 0. The Morgan fingerprint density at radius 2 is 1.63 bits per heavy atom. The van der Waals surface area contributed by atoms with Gasteiger partial charge in [-0.05, 0) is 17.8 Å². The number of aromatic nitrogens is 3. The van der Waals surface area contributed by atoms with E-state index in [4.69, 9.17) is 4.98 Å². The molecule has 104 valence electrons. The van der Waals surface area contributed by atoms with Gasteiger partial charge in [-0.1, -0.05) is 41.5 Å². The SMILES string of the molecule is CC(C)c1cc2nc(C(C)C)c(C(C)C)c(O)n2n1. The van der Waals surface area contributed by atoms with Crippen molar-refractivity contribution in [2.75, 3.05) is 0 Å². The van der Waals surface area contributed by atoms with Crippen LogP contribution in [0.4, 0.5) is 0 Å². The highest BCUT2D eigenvalue weighted by atomic mass is 16.3. The second kappa shape index (κ2) is 4.83. The van der Waals surface area contributed by atoms with Gasteiger partial charge in [0.05, 0.1) is 11.4 Å². The summed E-state index contributed by atoms with van der Waals surface area (Å²) < 4.78 is 1.57. The Hall–Kier alpha value is -1.58. The van der Waals surface area contributed by atoms with Crippen LogP contribution in [0.1, 0.15) is 76.2 Å². The topological polar surface area (TPSA) is 50.4 Å². The van der Waals surface area contributed by atoms with Crippen LogP contribution in [0.3, 0.4) is 0 Å². The van der Waals surface area contributed by atoms with Gasteiger partial charge in [-0.25, -0.2) is 4.98 Å².